The summed E-state index contributed by atoms with van der Waals surface area (Å²) in [5.41, 5.74) is -3.01. The molecule has 0 saturated carbocycles. The van der Waals surface area contributed by atoms with E-state index in [9.17, 15) is 33.0 Å². The minimum atomic E-state index is -4.88. The lowest BCUT2D eigenvalue weighted by atomic mass is 9.71. The molecule has 2 N–H and O–H groups in total. The molecule has 0 amide bonds. The van der Waals surface area contributed by atoms with Crippen LogP contribution in [0.3, 0.4) is 0 Å². The molecule has 0 bridgehead atoms. The normalized spacial score (nSPS) is 17.1. The molecule has 0 fully saturated rings. The summed E-state index contributed by atoms with van der Waals surface area (Å²) in [5.74, 6) is -3.86. The van der Waals surface area contributed by atoms with E-state index in [1.54, 1.807) is 47.3 Å². The van der Waals surface area contributed by atoms with Crippen molar-refractivity contribution in [1.29, 1.82) is 0 Å². The van der Waals surface area contributed by atoms with Crippen LogP contribution in [-0.2, 0) is 18.1 Å². The van der Waals surface area contributed by atoms with Crippen LogP contribution in [0.25, 0.3) is 0 Å². The molecule has 0 spiro atoms. The zero-order valence-corrected chi connectivity index (χ0v) is 22.1. The van der Waals surface area contributed by atoms with Gasteiger partial charge in [-0.25, -0.2) is 9.59 Å². The Hall–Kier alpha value is -0.959. The highest BCUT2D eigenvalue weighted by Crippen LogP contribution is 2.48. The second kappa shape index (κ2) is 9.24. The number of carboxylic acid groups (broad SMARTS) is 2. The summed E-state index contributed by atoms with van der Waals surface area (Å²) in [6, 6.07) is 0. The molecule has 0 saturated heterocycles. The fraction of sp³-hybridized carbons (Fsp3) is 0.750. The molecule has 0 aromatic carbocycles. The molecule has 1 unspecified atom stereocenters. The standard InChI is InChI=1S/C16H31F3O6Si3/c1-9(2)14(3,4)16(27-25-26,24-28(5,6)7)11(13(22)23)10(12(20)21)8-15(17,18)19/h9H,8,27H2,1-7,26H3,(H,20,21)(H,22,23). The first kappa shape index (κ1) is 27.0. The Kier molecular flexibility index (Phi) is 8.92. The van der Waals surface area contributed by atoms with Crippen molar-refractivity contribution in [3.8, 4) is 0 Å². The van der Waals surface area contributed by atoms with Crippen molar-refractivity contribution >= 4 is 40.5 Å². The van der Waals surface area contributed by atoms with Gasteiger partial charge in [0, 0.05) is 0 Å². The predicted octanol–water partition coefficient (Wildman–Crippen LogP) is 2.02. The third-order valence-electron chi connectivity index (χ3n) is 4.87. The average Bonchev–Trinajstić information content (AvgIpc) is 2.42. The predicted molar refractivity (Wildman–Crippen MR) is 108 cm³/mol. The van der Waals surface area contributed by atoms with Crippen LogP contribution in [0.1, 0.15) is 34.1 Å². The lowest BCUT2D eigenvalue weighted by molar-refractivity contribution is -0.145. The van der Waals surface area contributed by atoms with Gasteiger partial charge in [0.05, 0.1) is 17.6 Å². The molecule has 0 aliphatic carbocycles. The van der Waals surface area contributed by atoms with Crippen LogP contribution in [-0.4, -0.2) is 62.1 Å². The summed E-state index contributed by atoms with van der Waals surface area (Å²) in [6.07, 6.45) is -6.74. The van der Waals surface area contributed by atoms with Crippen molar-refractivity contribution in [3.05, 3.63) is 11.1 Å². The quantitative estimate of drug-likeness (QED) is 0.383. The van der Waals surface area contributed by atoms with Gasteiger partial charge in [-0.1, -0.05) is 27.7 Å². The number of carbonyl (C=O) groups is 2. The number of alkyl halides is 3. The Labute approximate surface area is 170 Å². The summed E-state index contributed by atoms with van der Waals surface area (Å²) in [7, 11) is -4.22. The van der Waals surface area contributed by atoms with E-state index in [-0.39, 0.29) is 16.4 Å². The van der Waals surface area contributed by atoms with E-state index in [0.717, 1.165) is 0 Å². The van der Waals surface area contributed by atoms with Gasteiger partial charge in [0.1, 0.15) is 15.7 Å². The van der Waals surface area contributed by atoms with Gasteiger partial charge >= 0.3 is 18.1 Å². The van der Waals surface area contributed by atoms with Gasteiger partial charge in [0.2, 0.25) is 0 Å². The van der Waals surface area contributed by atoms with E-state index >= 15 is 0 Å². The van der Waals surface area contributed by atoms with E-state index in [0.29, 0.717) is 0 Å². The van der Waals surface area contributed by atoms with Gasteiger partial charge in [-0.3, -0.25) is 0 Å². The van der Waals surface area contributed by atoms with Crippen LogP contribution in [0.2, 0.25) is 19.6 Å². The second-order valence-electron chi connectivity index (χ2n) is 8.61. The van der Waals surface area contributed by atoms with Crippen LogP contribution in [0, 0.1) is 11.3 Å². The van der Waals surface area contributed by atoms with Gasteiger partial charge in [0.25, 0.3) is 0 Å². The molecule has 0 radical (unpaired) electrons. The van der Waals surface area contributed by atoms with Crippen molar-refractivity contribution < 1.29 is 41.5 Å². The smallest absolute Gasteiger partial charge is 0.393 e. The summed E-state index contributed by atoms with van der Waals surface area (Å²) < 4.78 is 51.1. The average molecular weight is 461 g/mol. The van der Waals surface area contributed by atoms with Crippen molar-refractivity contribution in [2.45, 2.75) is 65.2 Å². The Bertz CT molecular complexity index is 626. The first-order valence-corrected chi connectivity index (χ1v) is 14.3. The molecule has 0 aromatic rings. The molecule has 164 valence electrons. The first-order chi connectivity index (χ1) is 12.3. The highest BCUT2D eigenvalue weighted by molar-refractivity contribution is 6.70. The van der Waals surface area contributed by atoms with Gasteiger partial charge in [-0.2, -0.15) is 13.2 Å². The monoisotopic (exact) mass is 460 g/mol. The van der Waals surface area contributed by atoms with Gasteiger partial charge < -0.3 is 18.8 Å². The zero-order chi connectivity index (χ0) is 22.7. The van der Waals surface area contributed by atoms with Crippen molar-refractivity contribution in [2.75, 3.05) is 0 Å². The van der Waals surface area contributed by atoms with Crippen LogP contribution < -0.4 is 0 Å². The minimum absolute atomic E-state index is 0.219. The molecule has 1 atom stereocenters. The largest absolute Gasteiger partial charge is 0.478 e. The number of hydrogen-bond donors (Lipinski definition) is 2. The number of aliphatic carboxylic acids is 2. The van der Waals surface area contributed by atoms with Crippen LogP contribution in [0.4, 0.5) is 13.2 Å². The van der Waals surface area contributed by atoms with E-state index in [2.05, 4.69) is 0 Å². The van der Waals surface area contributed by atoms with Crippen LogP contribution in [0.5, 0.6) is 0 Å². The third-order valence-corrected chi connectivity index (χ3v) is 9.09. The Morgan fingerprint density at radius 2 is 1.57 bits per heavy atom. The topological polar surface area (TPSA) is 93.1 Å². The maximum absolute atomic E-state index is 13.1. The molecule has 0 heterocycles. The minimum Gasteiger partial charge on any atom is -0.478 e. The number of halogens is 3. The van der Waals surface area contributed by atoms with E-state index in [4.69, 9.17) is 8.54 Å². The molecule has 0 aliphatic rings. The highest BCUT2D eigenvalue weighted by Gasteiger charge is 2.57. The van der Waals surface area contributed by atoms with Crippen LogP contribution in [0.15, 0.2) is 11.1 Å². The Morgan fingerprint density at radius 3 is 1.82 bits per heavy atom. The summed E-state index contributed by atoms with van der Waals surface area (Å²) in [5, 5.41) is 17.7. The Morgan fingerprint density at radius 1 is 1.11 bits per heavy atom. The van der Waals surface area contributed by atoms with Gasteiger partial charge in [-0.15, -0.1) is 0 Å². The molecule has 0 aromatic heterocycles. The van der Waals surface area contributed by atoms with Gasteiger partial charge in [0.15, 0.2) is 18.1 Å². The molecule has 28 heavy (non-hydrogen) atoms. The van der Waals surface area contributed by atoms with Crippen molar-refractivity contribution in [3.63, 3.8) is 0 Å². The lowest BCUT2D eigenvalue weighted by Gasteiger charge is -2.52. The molecule has 12 heteroatoms. The van der Waals surface area contributed by atoms with E-state index in [1.807, 2.05) is 0 Å². The molecular formula is C16H31F3O6Si3. The fourth-order valence-electron chi connectivity index (χ4n) is 3.00. The molecule has 0 aliphatic heterocycles. The van der Waals surface area contributed by atoms with Crippen LogP contribution >= 0.6 is 0 Å². The number of hydrogen-bond acceptors (Lipinski definition) is 4. The van der Waals surface area contributed by atoms with E-state index in [1.165, 1.54) is 0 Å². The highest BCUT2D eigenvalue weighted by atomic mass is 28.4. The molecule has 0 rings (SSSR count). The van der Waals surface area contributed by atoms with Gasteiger partial charge in [-0.05, 0) is 31.0 Å². The lowest BCUT2D eigenvalue weighted by Crippen LogP contribution is -2.62. The maximum Gasteiger partial charge on any atom is 0.393 e. The summed E-state index contributed by atoms with van der Waals surface area (Å²) in [4.78, 5) is 24.0. The fourth-order valence-corrected chi connectivity index (χ4v) is 8.86. The summed E-state index contributed by atoms with van der Waals surface area (Å²) >= 11 is 0. The molecule has 6 nitrogen and oxygen atoms in total. The number of carboxylic acids is 2. The molecular weight excluding hydrogens is 429 g/mol. The Balaban J connectivity index is 7.38. The second-order valence-corrected chi connectivity index (χ2v) is 16.6. The first-order valence-electron chi connectivity index (χ1n) is 8.78. The third kappa shape index (κ3) is 6.54. The van der Waals surface area contributed by atoms with Crippen molar-refractivity contribution in [2.24, 2.45) is 11.3 Å². The van der Waals surface area contributed by atoms with E-state index < -0.39 is 64.4 Å². The SMILES string of the molecule is CC(C)C(C)(C)C(O[Si](C)(C)C)([SiH2]O[SiH3])C(C(=O)O)=C(CC(F)(F)F)C(=O)O. The maximum atomic E-state index is 13.1. The number of rotatable bonds is 10. The zero-order valence-electron chi connectivity index (χ0n) is 17.7. The van der Waals surface area contributed by atoms with Crippen molar-refractivity contribution in [1.82, 2.24) is 0 Å². The summed E-state index contributed by atoms with van der Waals surface area (Å²) in [6.45, 7) is 12.3.